The van der Waals surface area contributed by atoms with Gasteiger partial charge >= 0.3 is 0 Å². The number of anilines is 1. The maximum Gasteiger partial charge on any atom is 0.249 e. The van der Waals surface area contributed by atoms with Gasteiger partial charge in [0.1, 0.15) is 28.9 Å². The Bertz CT molecular complexity index is 1170. The summed E-state index contributed by atoms with van der Waals surface area (Å²) in [7, 11) is 0. The first-order valence-electron chi connectivity index (χ1n) is 10.2. The summed E-state index contributed by atoms with van der Waals surface area (Å²) < 4.78 is 11.4. The molecule has 2 heterocycles. The number of allylic oxidation sites excluding steroid dienone is 1. The fourth-order valence-corrected chi connectivity index (χ4v) is 3.66. The van der Waals surface area contributed by atoms with E-state index >= 15 is 0 Å². The van der Waals surface area contributed by atoms with Gasteiger partial charge < -0.3 is 14.5 Å². The van der Waals surface area contributed by atoms with Gasteiger partial charge in [0.05, 0.1) is 5.69 Å². The lowest BCUT2D eigenvalue weighted by Gasteiger charge is -2.31. The van der Waals surface area contributed by atoms with Crippen LogP contribution in [0.3, 0.4) is 0 Å². The molecule has 0 bridgehead atoms. The summed E-state index contributed by atoms with van der Waals surface area (Å²) in [5, 5.41) is 2.67. The van der Waals surface area contributed by atoms with E-state index in [1.807, 2.05) is 56.3 Å². The Balaban J connectivity index is 1.51. The first kappa shape index (κ1) is 21.5. The van der Waals surface area contributed by atoms with E-state index < -0.39 is 17.7 Å². The van der Waals surface area contributed by atoms with Gasteiger partial charge in [0.2, 0.25) is 11.8 Å². The lowest BCUT2D eigenvalue weighted by atomic mass is 10.00. The van der Waals surface area contributed by atoms with Crippen molar-refractivity contribution in [2.24, 2.45) is 5.92 Å². The molecule has 0 radical (unpaired) electrons. The van der Waals surface area contributed by atoms with Crippen LogP contribution in [-0.4, -0.2) is 16.9 Å². The van der Waals surface area contributed by atoms with E-state index in [9.17, 15) is 9.59 Å². The van der Waals surface area contributed by atoms with Crippen molar-refractivity contribution in [1.82, 2.24) is 5.32 Å². The summed E-state index contributed by atoms with van der Waals surface area (Å²) in [5.74, 6) is 0.990. The molecule has 7 heteroatoms. The molecule has 4 rings (SSSR count). The third-order valence-electron chi connectivity index (χ3n) is 5.08. The Morgan fingerprint density at radius 1 is 1.03 bits per heavy atom. The minimum Gasteiger partial charge on any atom is -0.466 e. The number of ether oxygens (including phenoxy) is 1. The Kier molecular flexibility index (Phi) is 6.18. The molecular weight excluding hydrogens is 424 g/mol. The van der Waals surface area contributed by atoms with Crippen molar-refractivity contribution in [3.63, 3.8) is 0 Å². The molecule has 2 aromatic carbocycles. The van der Waals surface area contributed by atoms with E-state index in [-0.39, 0.29) is 11.0 Å². The maximum absolute atomic E-state index is 13.1. The van der Waals surface area contributed by atoms with E-state index in [1.54, 1.807) is 36.4 Å². The molecule has 162 valence electrons. The Morgan fingerprint density at radius 2 is 1.72 bits per heavy atom. The number of furan rings is 1. The Morgan fingerprint density at radius 3 is 2.38 bits per heavy atom. The number of benzene rings is 2. The molecular formula is C25H22N2O4S. The largest absolute Gasteiger partial charge is 0.466 e. The van der Waals surface area contributed by atoms with Crippen LogP contribution in [0.1, 0.15) is 24.4 Å². The van der Waals surface area contributed by atoms with E-state index in [0.29, 0.717) is 17.2 Å². The van der Waals surface area contributed by atoms with Crippen molar-refractivity contribution in [2.75, 3.05) is 4.90 Å². The molecule has 1 aliphatic rings. The minimum atomic E-state index is -0.986. The van der Waals surface area contributed by atoms with Gasteiger partial charge in [0, 0.05) is 5.92 Å². The highest BCUT2D eigenvalue weighted by molar-refractivity contribution is 7.80. The molecule has 2 amide bonds. The summed E-state index contributed by atoms with van der Waals surface area (Å²) in [4.78, 5) is 26.9. The normalized spacial score (nSPS) is 17.5. The number of nitrogens with zero attached hydrogens (tertiary/aromatic N) is 1. The molecule has 2 unspecified atom stereocenters. The Labute approximate surface area is 191 Å². The molecule has 1 N–H and O–H groups in total. The topological polar surface area (TPSA) is 71.8 Å². The molecule has 1 aromatic heterocycles. The van der Waals surface area contributed by atoms with Gasteiger partial charge in [-0.15, -0.1) is 0 Å². The first-order valence-corrected chi connectivity index (χ1v) is 10.6. The highest BCUT2D eigenvalue weighted by atomic mass is 32.1. The van der Waals surface area contributed by atoms with Crippen molar-refractivity contribution in [1.29, 1.82) is 0 Å². The second kappa shape index (κ2) is 9.20. The van der Waals surface area contributed by atoms with Crippen molar-refractivity contribution in [2.45, 2.75) is 19.8 Å². The van der Waals surface area contributed by atoms with E-state index in [2.05, 4.69) is 5.32 Å². The summed E-state index contributed by atoms with van der Waals surface area (Å²) in [6.07, 6.45) is 3.39. The summed E-state index contributed by atoms with van der Waals surface area (Å²) in [6.45, 7) is 3.81. The minimum absolute atomic E-state index is 0.0519. The highest BCUT2D eigenvalue weighted by Gasteiger charge is 2.37. The molecule has 6 nitrogen and oxygen atoms in total. The molecule has 32 heavy (non-hydrogen) atoms. The van der Waals surface area contributed by atoms with Crippen LogP contribution in [-0.2, 0) is 9.59 Å². The third kappa shape index (κ3) is 4.63. The highest BCUT2D eigenvalue weighted by Crippen LogP contribution is 2.27. The number of aryl methyl sites for hydroxylation is 1. The summed E-state index contributed by atoms with van der Waals surface area (Å²) >= 11 is 5.27. The fourth-order valence-electron chi connectivity index (χ4n) is 3.36. The zero-order chi connectivity index (χ0) is 22.7. The number of nitrogens with one attached hydrogen (secondary N) is 1. The molecule has 2 atom stereocenters. The number of amides is 2. The van der Waals surface area contributed by atoms with E-state index in [4.69, 9.17) is 21.4 Å². The van der Waals surface area contributed by atoms with E-state index in [0.717, 1.165) is 11.5 Å². The molecule has 0 aliphatic carbocycles. The number of rotatable bonds is 6. The van der Waals surface area contributed by atoms with Crippen LogP contribution in [0.5, 0.6) is 11.5 Å². The molecule has 1 fully saturated rings. The molecule has 0 spiro atoms. The van der Waals surface area contributed by atoms with Crippen LogP contribution in [0.4, 0.5) is 5.69 Å². The zero-order valence-corrected chi connectivity index (χ0v) is 18.5. The number of para-hydroxylation sites is 1. The van der Waals surface area contributed by atoms with Crippen molar-refractivity contribution in [3.8, 4) is 11.5 Å². The number of thiocarbonyl (C=S) groups is 1. The summed E-state index contributed by atoms with van der Waals surface area (Å²) in [5.41, 5.74) is 0.550. The molecule has 1 aliphatic heterocycles. The van der Waals surface area contributed by atoms with Gasteiger partial charge in [0.15, 0.2) is 5.11 Å². The van der Waals surface area contributed by atoms with Crippen LogP contribution in [0.2, 0.25) is 0 Å². The number of hydrogen-bond donors (Lipinski definition) is 1. The van der Waals surface area contributed by atoms with Crippen LogP contribution in [0.15, 0.2) is 83.3 Å². The maximum atomic E-state index is 13.1. The van der Waals surface area contributed by atoms with Crippen LogP contribution in [0, 0.1) is 12.8 Å². The second-order valence-electron chi connectivity index (χ2n) is 7.48. The number of carbonyl (C=O) groups is 2. The average molecular weight is 447 g/mol. The quantitative estimate of drug-likeness (QED) is 0.324. The van der Waals surface area contributed by atoms with Crippen LogP contribution >= 0.6 is 12.2 Å². The van der Waals surface area contributed by atoms with Crippen molar-refractivity contribution >= 4 is 34.8 Å². The SMILES string of the molecule is Cc1ccc(C(C)/C=C/C2C(=O)NC(=S)N(c3ccc(Oc4ccccc4)cc3)C2=O)o1. The molecule has 3 aromatic rings. The lowest BCUT2D eigenvalue weighted by molar-refractivity contribution is -0.131. The van der Waals surface area contributed by atoms with Gasteiger partial charge in [0.25, 0.3) is 0 Å². The van der Waals surface area contributed by atoms with Gasteiger partial charge in [-0.25, -0.2) is 0 Å². The summed E-state index contributed by atoms with van der Waals surface area (Å²) in [6, 6.07) is 20.1. The molecule has 0 saturated carbocycles. The second-order valence-corrected chi connectivity index (χ2v) is 7.86. The van der Waals surface area contributed by atoms with Gasteiger partial charge in [-0.05, 0) is 67.7 Å². The van der Waals surface area contributed by atoms with Crippen molar-refractivity contribution < 1.29 is 18.7 Å². The van der Waals surface area contributed by atoms with Gasteiger partial charge in [-0.3, -0.25) is 14.5 Å². The smallest absolute Gasteiger partial charge is 0.249 e. The monoisotopic (exact) mass is 446 g/mol. The van der Waals surface area contributed by atoms with Gasteiger partial charge in [-0.1, -0.05) is 37.3 Å². The van der Waals surface area contributed by atoms with Crippen LogP contribution in [0.25, 0.3) is 0 Å². The average Bonchev–Trinajstić information content (AvgIpc) is 3.21. The Hall–Kier alpha value is -3.71. The van der Waals surface area contributed by atoms with Crippen molar-refractivity contribution in [3.05, 3.63) is 90.4 Å². The standard InChI is InChI=1S/C25H22N2O4S/c1-16(22-15-9-17(2)30-22)8-14-21-23(28)26-25(32)27(24(21)29)18-10-12-20(13-11-18)31-19-6-4-3-5-7-19/h3-16,21H,1-2H3,(H,26,28,32)/b14-8+. The third-order valence-corrected chi connectivity index (χ3v) is 5.36. The van der Waals surface area contributed by atoms with Gasteiger partial charge in [-0.2, -0.15) is 0 Å². The predicted molar refractivity (Wildman–Crippen MR) is 126 cm³/mol. The number of hydrogen-bond acceptors (Lipinski definition) is 5. The predicted octanol–water partition coefficient (Wildman–Crippen LogP) is 5.10. The zero-order valence-electron chi connectivity index (χ0n) is 17.6. The first-order chi connectivity index (χ1) is 15.4. The fraction of sp³-hybridized carbons (Fsp3) is 0.160. The number of carbonyl (C=O) groups excluding carboxylic acids is 2. The lowest BCUT2D eigenvalue weighted by Crippen LogP contribution is -2.57. The van der Waals surface area contributed by atoms with Crippen LogP contribution < -0.4 is 15.0 Å². The molecule has 1 saturated heterocycles. The van der Waals surface area contributed by atoms with E-state index in [1.165, 1.54) is 4.90 Å².